The van der Waals surface area contributed by atoms with Gasteiger partial charge in [0, 0.05) is 3.57 Å². The number of hydrogen-bond donors (Lipinski definition) is 0. The molecule has 0 spiro atoms. The molecule has 4 heteroatoms. The second kappa shape index (κ2) is 4.27. The van der Waals surface area contributed by atoms with Crippen LogP contribution in [0.1, 0.15) is 0 Å². The van der Waals surface area contributed by atoms with Crippen molar-refractivity contribution in [3.05, 3.63) is 23.7 Å². The summed E-state index contributed by atoms with van der Waals surface area (Å²) in [4.78, 5) is 0. The quantitative estimate of drug-likeness (QED) is 0.480. The summed E-state index contributed by atoms with van der Waals surface area (Å²) in [6, 6.07) is 4.04. The zero-order valence-electron chi connectivity index (χ0n) is 5.70. The van der Waals surface area contributed by atoms with Crippen molar-refractivity contribution in [3.63, 3.8) is 0 Å². The minimum atomic E-state index is 0.914. The van der Waals surface area contributed by atoms with Gasteiger partial charge in [0.05, 0.1) is 15.2 Å². The summed E-state index contributed by atoms with van der Waals surface area (Å²) >= 11 is 7.96. The molecule has 0 saturated carbocycles. The normalized spacial score (nSPS) is 9.82. The van der Waals surface area contributed by atoms with Crippen LogP contribution in [0.2, 0.25) is 0 Å². The molecule has 0 fully saturated rings. The van der Waals surface area contributed by atoms with Crippen LogP contribution < -0.4 is 4.74 Å². The van der Waals surface area contributed by atoms with Gasteiger partial charge in [0.2, 0.25) is 0 Å². The highest BCUT2D eigenvalue weighted by molar-refractivity contribution is 14.1. The highest BCUT2D eigenvalue weighted by atomic mass is 127. The van der Waals surface area contributed by atoms with E-state index < -0.39 is 0 Å². The topological polar surface area (TPSA) is 9.23 Å². The van der Waals surface area contributed by atoms with Gasteiger partial charge in [-0.1, -0.05) is 0 Å². The molecule has 0 amide bonds. The van der Waals surface area contributed by atoms with E-state index in [4.69, 9.17) is 4.74 Å². The van der Waals surface area contributed by atoms with Crippen molar-refractivity contribution < 1.29 is 4.74 Å². The van der Waals surface area contributed by atoms with Crippen molar-refractivity contribution in [1.29, 1.82) is 0 Å². The van der Waals surface area contributed by atoms with E-state index in [1.165, 1.54) is 3.57 Å². The molecule has 0 aliphatic heterocycles. The van der Waals surface area contributed by atoms with Gasteiger partial charge in [-0.05, 0) is 73.2 Å². The first kappa shape index (κ1) is 10.0. The van der Waals surface area contributed by atoms with Gasteiger partial charge in [-0.25, -0.2) is 0 Å². The van der Waals surface area contributed by atoms with Crippen molar-refractivity contribution in [2.75, 3.05) is 7.11 Å². The summed E-state index contributed by atoms with van der Waals surface area (Å²) in [5.74, 6) is 0.914. The smallest absolute Gasteiger partial charge is 0.147 e. The average Bonchev–Trinajstić information content (AvgIpc) is 1.99. The predicted molar refractivity (Wildman–Crippen MR) is 66.1 cm³/mol. The summed E-state index contributed by atoms with van der Waals surface area (Å²) in [5.41, 5.74) is 0. The molecule has 0 radical (unpaired) electrons. The van der Waals surface area contributed by atoms with Crippen LogP contribution in [-0.4, -0.2) is 7.11 Å². The second-order valence-corrected chi connectivity index (χ2v) is 4.97. The average molecular weight is 439 g/mol. The van der Waals surface area contributed by atoms with E-state index in [2.05, 4.69) is 67.2 Å². The van der Waals surface area contributed by atoms with Gasteiger partial charge in [0.25, 0.3) is 0 Å². The number of methoxy groups -OCH3 is 1. The highest BCUT2D eigenvalue weighted by Gasteiger charge is 2.07. The lowest BCUT2D eigenvalue weighted by molar-refractivity contribution is 0.408. The molecule has 0 aliphatic carbocycles. The molecule has 0 N–H and O–H groups in total. The Labute approximate surface area is 101 Å². The Morgan fingerprint density at radius 1 is 1.36 bits per heavy atom. The van der Waals surface area contributed by atoms with Crippen molar-refractivity contribution in [3.8, 4) is 5.75 Å². The van der Waals surface area contributed by atoms with Crippen LogP contribution in [0, 0.1) is 7.14 Å². The van der Waals surface area contributed by atoms with E-state index in [1.54, 1.807) is 7.11 Å². The second-order valence-electron chi connectivity index (χ2n) is 1.88. The number of ether oxygens (including phenoxy) is 1. The fourth-order valence-corrected chi connectivity index (χ4v) is 2.67. The van der Waals surface area contributed by atoms with Crippen molar-refractivity contribution in [1.82, 2.24) is 0 Å². The minimum absolute atomic E-state index is 0.914. The fourth-order valence-electron chi connectivity index (χ4n) is 0.696. The van der Waals surface area contributed by atoms with E-state index in [1.807, 2.05) is 6.07 Å². The third kappa shape index (κ3) is 2.21. The van der Waals surface area contributed by atoms with Gasteiger partial charge in [-0.2, -0.15) is 0 Å². The Bertz CT molecular complexity index is 275. The highest BCUT2D eigenvalue weighted by Crippen LogP contribution is 2.32. The lowest BCUT2D eigenvalue weighted by atomic mass is 10.3. The Morgan fingerprint density at radius 3 is 2.45 bits per heavy atom. The number of halogens is 3. The SMILES string of the molecule is COc1c(Br)ccc(I)c1I. The molecular weight excluding hydrogens is 434 g/mol. The summed E-state index contributed by atoms with van der Waals surface area (Å²) in [6.45, 7) is 0. The van der Waals surface area contributed by atoms with Gasteiger partial charge >= 0.3 is 0 Å². The molecule has 0 atom stereocenters. The van der Waals surface area contributed by atoms with Crippen molar-refractivity contribution in [2.45, 2.75) is 0 Å². The van der Waals surface area contributed by atoms with E-state index in [0.29, 0.717) is 0 Å². The Hall–Kier alpha value is 0.960. The van der Waals surface area contributed by atoms with Crippen LogP contribution in [0.4, 0.5) is 0 Å². The molecule has 1 rings (SSSR count). The van der Waals surface area contributed by atoms with Gasteiger partial charge in [-0.3, -0.25) is 0 Å². The van der Waals surface area contributed by atoms with Crippen LogP contribution in [0.25, 0.3) is 0 Å². The maximum atomic E-state index is 5.20. The first-order valence-corrected chi connectivity index (χ1v) is 5.79. The van der Waals surface area contributed by atoms with Gasteiger partial charge < -0.3 is 4.74 Å². The zero-order chi connectivity index (χ0) is 8.43. The molecule has 0 bridgehead atoms. The van der Waals surface area contributed by atoms with Crippen molar-refractivity contribution >= 4 is 61.1 Å². The maximum absolute atomic E-state index is 5.20. The van der Waals surface area contributed by atoms with Gasteiger partial charge in [-0.15, -0.1) is 0 Å². The zero-order valence-corrected chi connectivity index (χ0v) is 11.6. The fraction of sp³-hybridized carbons (Fsp3) is 0.143. The predicted octanol–water partition coefficient (Wildman–Crippen LogP) is 3.67. The molecule has 11 heavy (non-hydrogen) atoms. The third-order valence-corrected chi connectivity index (χ3v) is 4.83. The van der Waals surface area contributed by atoms with Crippen LogP contribution >= 0.6 is 61.1 Å². The Balaban J connectivity index is 3.29. The van der Waals surface area contributed by atoms with Gasteiger partial charge in [0.1, 0.15) is 5.75 Å². The molecule has 1 aromatic rings. The first-order chi connectivity index (χ1) is 5.16. The summed E-state index contributed by atoms with van der Waals surface area (Å²) in [7, 11) is 1.68. The van der Waals surface area contributed by atoms with E-state index >= 15 is 0 Å². The monoisotopic (exact) mass is 438 g/mol. The molecule has 0 heterocycles. The summed E-state index contributed by atoms with van der Waals surface area (Å²) in [6.07, 6.45) is 0. The Kier molecular flexibility index (Phi) is 3.90. The molecule has 0 unspecified atom stereocenters. The van der Waals surface area contributed by atoms with Crippen LogP contribution in [-0.2, 0) is 0 Å². The maximum Gasteiger partial charge on any atom is 0.147 e. The summed E-state index contributed by atoms with van der Waals surface area (Å²) in [5, 5.41) is 0. The lowest BCUT2D eigenvalue weighted by Crippen LogP contribution is -1.90. The third-order valence-electron chi connectivity index (χ3n) is 1.21. The minimum Gasteiger partial charge on any atom is -0.494 e. The van der Waals surface area contributed by atoms with Gasteiger partial charge in [0.15, 0.2) is 0 Å². The molecule has 0 saturated heterocycles. The van der Waals surface area contributed by atoms with Crippen LogP contribution in [0.5, 0.6) is 5.75 Å². The van der Waals surface area contributed by atoms with Crippen LogP contribution in [0.3, 0.4) is 0 Å². The standard InChI is InChI=1S/C7H5BrI2O/c1-11-7-4(8)2-3-5(9)6(7)10/h2-3H,1H3. The summed E-state index contributed by atoms with van der Waals surface area (Å²) < 4.78 is 8.57. The van der Waals surface area contributed by atoms with E-state index in [0.717, 1.165) is 13.8 Å². The van der Waals surface area contributed by atoms with Crippen LogP contribution in [0.15, 0.2) is 16.6 Å². The molecule has 0 aliphatic rings. The van der Waals surface area contributed by atoms with E-state index in [9.17, 15) is 0 Å². The largest absolute Gasteiger partial charge is 0.494 e. The molecular formula is C7H5BrI2O. The Morgan fingerprint density at radius 2 is 2.00 bits per heavy atom. The van der Waals surface area contributed by atoms with E-state index in [-0.39, 0.29) is 0 Å². The van der Waals surface area contributed by atoms with Crippen molar-refractivity contribution in [2.24, 2.45) is 0 Å². The lowest BCUT2D eigenvalue weighted by Gasteiger charge is -2.06. The number of hydrogen-bond acceptors (Lipinski definition) is 1. The molecule has 1 aromatic carbocycles. The molecule has 0 aromatic heterocycles. The molecule has 60 valence electrons. The molecule has 1 nitrogen and oxygen atoms in total. The number of benzene rings is 1. The first-order valence-electron chi connectivity index (χ1n) is 2.84. The number of rotatable bonds is 1.